The average molecular weight is 417 g/mol. The third-order valence-corrected chi connectivity index (χ3v) is 7.27. The molecule has 1 aromatic heterocycles. The molecular formula is C27H29ClN2. The topological polar surface area (TPSA) is 27.8 Å². The van der Waals surface area contributed by atoms with E-state index in [0.717, 1.165) is 6.42 Å². The molecule has 0 amide bonds. The number of hydrogen-bond acceptors (Lipinski definition) is 1. The number of rotatable bonds is 2. The zero-order valence-electron chi connectivity index (χ0n) is 17.7. The second-order valence-electron chi connectivity index (χ2n) is 9.16. The van der Waals surface area contributed by atoms with Crippen LogP contribution in [0.2, 0.25) is 0 Å². The van der Waals surface area contributed by atoms with E-state index in [9.17, 15) is 0 Å². The Kier molecular flexibility index (Phi) is 4.88. The van der Waals surface area contributed by atoms with Gasteiger partial charge in [0.2, 0.25) is 0 Å². The zero-order valence-corrected chi connectivity index (χ0v) is 18.5. The van der Waals surface area contributed by atoms with Gasteiger partial charge in [-0.05, 0) is 66.6 Å². The number of benzene rings is 3. The lowest BCUT2D eigenvalue weighted by molar-refractivity contribution is 0.374. The second kappa shape index (κ2) is 7.44. The highest BCUT2D eigenvalue weighted by atomic mass is 35.5. The number of halogens is 1. The molecule has 3 heteroatoms. The average Bonchev–Trinajstić information content (AvgIpc) is 3.33. The molecule has 0 bridgehead atoms. The van der Waals surface area contributed by atoms with Gasteiger partial charge in [-0.25, -0.2) is 0 Å². The van der Waals surface area contributed by atoms with Crippen LogP contribution in [-0.2, 0) is 6.42 Å². The van der Waals surface area contributed by atoms with Gasteiger partial charge in [0.25, 0.3) is 0 Å². The Morgan fingerprint density at radius 3 is 2.67 bits per heavy atom. The minimum absolute atomic E-state index is 0. The first-order chi connectivity index (χ1) is 14.2. The van der Waals surface area contributed by atoms with E-state index < -0.39 is 0 Å². The van der Waals surface area contributed by atoms with Gasteiger partial charge in [-0.15, -0.1) is 12.4 Å². The Morgan fingerprint density at radius 2 is 1.77 bits per heavy atom. The van der Waals surface area contributed by atoms with Crippen LogP contribution in [0.3, 0.4) is 0 Å². The van der Waals surface area contributed by atoms with Gasteiger partial charge < -0.3 is 10.3 Å². The molecule has 2 N–H and O–H groups in total. The summed E-state index contributed by atoms with van der Waals surface area (Å²) in [6, 6.07) is 21.2. The number of aryl methyl sites for hydroxylation is 2. The third-order valence-electron chi connectivity index (χ3n) is 7.27. The van der Waals surface area contributed by atoms with E-state index in [0.29, 0.717) is 18.0 Å². The molecule has 3 aromatic carbocycles. The largest absolute Gasteiger partial charge is 0.357 e. The zero-order chi connectivity index (χ0) is 19.5. The lowest BCUT2D eigenvalue weighted by Crippen LogP contribution is -2.40. The standard InChI is InChI=1S/C27H28N2.ClH/c1-16-13-17(2)26-22(14-16)25-21-11-6-12-23(21)28-24(27(25)29-26)15-19-9-5-8-18-7-3-4-10-20(18)19;/h3-5,7-10,13-14,21,23-24,28-29H,6,11-12,15H2,1-2H3;1H. The van der Waals surface area contributed by atoms with Crippen LogP contribution in [0.15, 0.2) is 54.6 Å². The fourth-order valence-corrected chi connectivity index (χ4v) is 6.07. The van der Waals surface area contributed by atoms with Gasteiger partial charge in [0, 0.05) is 28.6 Å². The highest BCUT2D eigenvalue weighted by Gasteiger charge is 2.39. The summed E-state index contributed by atoms with van der Waals surface area (Å²) in [5, 5.41) is 8.24. The van der Waals surface area contributed by atoms with E-state index in [1.807, 2.05) is 0 Å². The molecule has 1 aliphatic heterocycles. The maximum absolute atomic E-state index is 4.05. The molecule has 0 spiro atoms. The summed E-state index contributed by atoms with van der Waals surface area (Å²) < 4.78 is 0. The summed E-state index contributed by atoms with van der Waals surface area (Å²) in [6.45, 7) is 4.48. The Labute approximate surface area is 184 Å². The molecule has 0 saturated heterocycles. The minimum Gasteiger partial charge on any atom is -0.357 e. The summed E-state index contributed by atoms with van der Waals surface area (Å²) >= 11 is 0. The van der Waals surface area contributed by atoms with E-state index in [2.05, 4.69) is 78.7 Å². The van der Waals surface area contributed by atoms with Crippen molar-refractivity contribution in [1.29, 1.82) is 0 Å². The van der Waals surface area contributed by atoms with Crippen molar-refractivity contribution in [2.75, 3.05) is 0 Å². The van der Waals surface area contributed by atoms with E-state index in [1.54, 1.807) is 5.56 Å². The molecule has 1 fully saturated rings. The molecule has 2 heterocycles. The molecule has 154 valence electrons. The molecule has 3 atom stereocenters. The van der Waals surface area contributed by atoms with Crippen molar-refractivity contribution in [2.45, 2.75) is 57.5 Å². The molecular weight excluding hydrogens is 388 g/mol. The van der Waals surface area contributed by atoms with Crippen molar-refractivity contribution in [3.63, 3.8) is 0 Å². The Bertz CT molecular complexity index is 1230. The Hall–Kier alpha value is -2.29. The summed E-state index contributed by atoms with van der Waals surface area (Å²) in [6.07, 6.45) is 4.97. The van der Waals surface area contributed by atoms with Crippen molar-refractivity contribution in [3.8, 4) is 0 Å². The van der Waals surface area contributed by atoms with Gasteiger partial charge in [0.15, 0.2) is 0 Å². The number of nitrogens with one attached hydrogen (secondary N) is 2. The van der Waals surface area contributed by atoms with Crippen molar-refractivity contribution in [2.24, 2.45) is 0 Å². The highest BCUT2D eigenvalue weighted by Crippen LogP contribution is 2.47. The Morgan fingerprint density at radius 1 is 0.933 bits per heavy atom. The first-order valence-electron chi connectivity index (χ1n) is 11.0. The SMILES string of the molecule is Cc1cc(C)c2[nH]c3c(c2c1)C1CCCC1NC3Cc1cccc2ccccc12.Cl. The number of fused-ring (bicyclic) bond motifs is 6. The van der Waals surface area contributed by atoms with E-state index in [1.165, 1.54) is 63.3 Å². The number of H-pyrrole nitrogens is 1. The van der Waals surface area contributed by atoms with Crippen molar-refractivity contribution in [1.82, 2.24) is 10.3 Å². The third kappa shape index (κ3) is 2.97. The van der Waals surface area contributed by atoms with Crippen LogP contribution >= 0.6 is 12.4 Å². The fourth-order valence-electron chi connectivity index (χ4n) is 6.07. The highest BCUT2D eigenvalue weighted by molar-refractivity contribution is 5.89. The monoisotopic (exact) mass is 416 g/mol. The molecule has 1 aliphatic carbocycles. The lowest BCUT2D eigenvalue weighted by Gasteiger charge is -2.34. The fraction of sp³-hybridized carbons (Fsp3) is 0.333. The maximum Gasteiger partial charge on any atom is 0.0519 e. The van der Waals surface area contributed by atoms with E-state index in [4.69, 9.17) is 0 Å². The molecule has 2 aliphatic rings. The molecule has 3 unspecified atom stereocenters. The second-order valence-corrected chi connectivity index (χ2v) is 9.16. The lowest BCUT2D eigenvalue weighted by atomic mass is 9.83. The van der Waals surface area contributed by atoms with Gasteiger partial charge in [-0.3, -0.25) is 0 Å². The molecule has 4 aromatic rings. The molecule has 30 heavy (non-hydrogen) atoms. The van der Waals surface area contributed by atoms with Crippen LogP contribution in [0, 0.1) is 13.8 Å². The Balaban J connectivity index is 0.00000193. The molecule has 6 rings (SSSR count). The quantitative estimate of drug-likeness (QED) is 0.366. The number of aromatic amines is 1. The van der Waals surface area contributed by atoms with Gasteiger partial charge in [0.05, 0.1) is 6.04 Å². The first-order valence-corrected chi connectivity index (χ1v) is 11.0. The first kappa shape index (κ1) is 19.7. The molecule has 2 nitrogen and oxygen atoms in total. The van der Waals surface area contributed by atoms with Gasteiger partial charge in [-0.2, -0.15) is 0 Å². The summed E-state index contributed by atoms with van der Waals surface area (Å²) in [5.74, 6) is 0.656. The van der Waals surface area contributed by atoms with Crippen molar-refractivity contribution < 1.29 is 0 Å². The number of aromatic nitrogens is 1. The minimum atomic E-state index is 0. The van der Waals surface area contributed by atoms with Crippen LogP contribution in [0.25, 0.3) is 21.7 Å². The summed E-state index contributed by atoms with van der Waals surface area (Å²) in [4.78, 5) is 3.88. The van der Waals surface area contributed by atoms with Crippen LogP contribution in [-0.4, -0.2) is 11.0 Å². The van der Waals surface area contributed by atoms with Gasteiger partial charge >= 0.3 is 0 Å². The normalized spacial score (nSPS) is 22.7. The summed E-state index contributed by atoms with van der Waals surface area (Å²) in [5.41, 5.74) is 8.57. The van der Waals surface area contributed by atoms with Crippen molar-refractivity contribution in [3.05, 3.63) is 82.5 Å². The predicted molar refractivity (Wildman–Crippen MR) is 129 cm³/mol. The van der Waals surface area contributed by atoms with Crippen LogP contribution in [0.1, 0.15) is 59.2 Å². The molecule has 1 saturated carbocycles. The number of hydrogen-bond donors (Lipinski definition) is 2. The van der Waals surface area contributed by atoms with Gasteiger partial charge in [0.1, 0.15) is 0 Å². The molecule has 0 radical (unpaired) electrons. The van der Waals surface area contributed by atoms with Gasteiger partial charge in [-0.1, -0.05) is 60.5 Å². The summed E-state index contributed by atoms with van der Waals surface area (Å²) in [7, 11) is 0. The van der Waals surface area contributed by atoms with E-state index in [-0.39, 0.29) is 12.4 Å². The van der Waals surface area contributed by atoms with Crippen LogP contribution in [0.5, 0.6) is 0 Å². The predicted octanol–water partition coefficient (Wildman–Crippen LogP) is 6.88. The van der Waals surface area contributed by atoms with E-state index >= 15 is 0 Å². The smallest absolute Gasteiger partial charge is 0.0519 e. The van der Waals surface area contributed by atoms with Crippen molar-refractivity contribution >= 4 is 34.1 Å². The van der Waals surface area contributed by atoms with Crippen LogP contribution in [0.4, 0.5) is 0 Å². The van der Waals surface area contributed by atoms with Crippen LogP contribution < -0.4 is 5.32 Å². The maximum atomic E-state index is 4.05.